The molecule has 5 heteroatoms. The van der Waals surface area contributed by atoms with E-state index < -0.39 is 10.8 Å². The highest BCUT2D eigenvalue weighted by Crippen LogP contribution is 2.12. The van der Waals surface area contributed by atoms with Gasteiger partial charge in [0.1, 0.15) is 5.75 Å². The molecule has 0 aliphatic heterocycles. The number of hydrogen-bond donors (Lipinski definition) is 1. The molecule has 1 N–H and O–H groups in total. The Morgan fingerprint density at radius 1 is 1.44 bits per heavy atom. The maximum Gasteiger partial charge on any atom is 0.232 e. The number of rotatable bonds is 6. The highest BCUT2D eigenvalue weighted by molar-refractivity contribution is 7.84. The normalized spacial score (nSPS) is 12.4. The fourth-order valence-corrected chi connectivity index (χ4v) is 2.64. The highest BCUT2D eigenvalue weighted by atomic mass is 35.5. The van der Waals surface area contributed by atoms with Gasteiger partial charge in [-0.15, -0.1) is 0 Å². The average molecular weight is 288 g/mol. The lowest BCUT2D eigenvalue weighted by Crippen LogP contribution is -2.31. The Hall–Kier alpha value is -0.870. The first kappa shape index (κ1) is 15.2. The van der Waals surface area contributed by atoms with Crippen LogP contribution in [0.4, 0.5) is 0 Å². The Kier molecular flexibility index (Phi) is 6.36. The van der Waals surface area contributed by atoms with Gasteiger partial charge in [-0.2, -0.15) is 0 Å². The number of carbonyl (C=O) groups excluding carboxylic acids is 1. The summed E-state index contributed by atoms with van der Waals surface area (Å²) in [6.45, 7) is 4.65. The predicted molar refractivity (Wildman–Crippen MR) is 76.0 cm³/mol. The zero-order chi connectivity index (χ0) is 13.5. The lowest BCUT2D eigenvalue weighted by Gasteiger charge is -2.07. The van der Waals surface area contributed by atoms with E-state index in [1.165, 1.54) is 0 Å². The largest absolute Gasteiger partial charge is 0.355 e. The van der Waals surface area contributed by atoms with Gasteiger partial charge in [0, 0.05) is 28.1 Å². The Morgan fingerprint density at radius 3 is 2.78 bits per heavy atom. The van der Waals surface area contributed by atoms with Crippen LogP contribution < -0.4 is 5.32 Å². The van der Waals surface area contributed by atoms with Crippen molar-refractivity contribution in [3.05, 3.63) is 34.9 Å². The number of halogens is 1. The van der Waals surface area contributed by atoms with E-state index in [-0.39, 0.29) is 11.7 Å². The minimum Gasteiger partial charge on any atom is -0.355 e. The van der Waals surface area contributed by atoms with Crippen LogP contribution in [0, 0.1) is 5.92 Å². The second kappa shape index (κ2) is 7.54. The van der Waals surface area contributed by atoms with E-state index in [0.29, 0.717) is 23.2 Å². The summed E-state index contributed by atoms with van der Waals surface area (Å²) in [6, 6.07) is 7.21. The molecular weight excluding hydrogens is 270 g/mol. The van der Waals surface area contributed by atoms with E-state index in [4.69, 9.17) is 11.6 Å². The van der Waals surface area contributed by atoms with Crippen molar-refractivity contribution < 1.29 is 9.00 Å². The van der Waals surface area contributed by atoms with E-state index in [1.54, 1.807) is 12.1 Å². The molecule has 0 saturated carbocycles. The van der Waals surface area contributed by atoms with Gasteiger partial charge in [0.05, 0.1) is 0 Å². The molecule has 0 heterocycles. The molecule has 0 aliphatic rings. The molecule has 1 aromatic rings. The molecule has 1 amide bonds. The summed E-state index contributed by atoms with van der Waals surface area (Å²) in [5.41, 5.74) is 0.887. The molecule has 3 nitrogen and oxygen atoms in total. The van der Waals surface area contributed by atoms with Crippen LogP contribution in [0.15, 0.2) is 24.3 Å². The summed E-state index contributed by atoms with van der Waals surface area (Å²) in [7, 11) is -1.19. The lowest BCUT2D eigenvalue weighted by molar-refractivity contribution is -0.118. The van der Waals surface area contributed by atoms with Gasteiger partial charge in [0.2, 0.25) is 5.91 Å². The zero-order valence-corrected chi connectivity index (χ0v) is 12.2. The predicted octanol–water partition coefficient (Wildman–Crippen LogP) is 2.36. The summed E-state index contributed by atoms with van der Waals surface area (Å²) in [4.78, 5) is 11.5. The molecular formula is C13H18ClNO2S. The third-order valence-electron chi connectivity index (χ3n) is 2.22. The molecule has 0 saturated heterocycles. The molecule has 0 aromatic heterocycles. The molecule has 0 fully saturated rings. The van der Waals surface area contributed by atoms with Crippen LogP contribution >= 0.6 is 11.6 Å². The van der Waals surface area contributed by atoms with Crippen LogP contribution in [0.5, 0.6) is 0 Å². The fourth-order valence-electron chi connectivity index (χ4n) is 1.38. The van der Waals surface area contributed by atoms with E-state index >= 15 is 0 Å². The molecule has 0 bridgehead atoms. The first-order valence-electron chi connectivity index (χ1n) is 5.83. The van der Waals surface area contributed by atoms with Crippen molar-refractivity contribution in [1.29, 1.82) is 0 Å². The summed E-state index contributed by atoms with van der Waals surface area (Å²) in [5, 5.41) is 3.37. The molecule has 1 aromatic carbocycles. The van der Waals surface area contributed by atoms with Crippen LogP contribution in [-0.2, 0) is 21.3 Å². The summed E-state index contributed by atoms with van der Waals surface area (Å²) < 4.78 is 11.8. The molecule has 0 radical (unpaired) electrons. The first-order chi connectivity index (χ1) is 8.47. The third-order valence-corrected chi connectivity index (χ3v) is 3.69. The maximum atomic E-state index is 11.8. The first-order valence-corrected chi connectivity index (χ1v) is 7.70. The monoisotopic (exact) mass is 287 g/mol. The Labute approximate surface area is 115 Å². The topological polar surface area (TPSA) is 46.2 Å². The standard InChI is InChI=1S/C13H18ClNO2S/c1-10(2)7-15-13(16)9-18(17)8-11-4-3-5-12(14)6-11/h3-6,10H,7-9H2,1-2H3,(H,15,16). The van der Waals surface area contributed by atoms with Crippen LogP contribution in [0.3, 0.4) is 0 Å². The van der Waals surface area contributed by atoms with Crippen molar-refractivity contribution >= 4 is 28.3 Å². The molecule has 0 spiro atoms. The van der Waals surface area contributed by atoms with Crippen LogP contribution in [0.2, 0.25) is 5.02 Å². The summed E-state index contributed by atoms with van der Waals surface area (Å²) in [5.74, 6) is 0.633. The number of amides is 1. The number of hydrogen-bond acceptors (Lipinski definition) is 2. The van der Waals surface area contributed by atoms with Crippen molar-refractivity contribution in [3.8, 4) is 0 Å². The van der Waals surface area contributed by atoms with Gasteiger partial charge in [-0.05, 0) is 23.6 Å². The maximum absolute atomic E-state index is 11.8. The minimum absolute atomic E-state index is 0.0409. The minimum atomic E-state index is -1.19. The Morgan fingerprint density at radius 2 is 2.17 bits per heavy atom. The van der Waals surface area contributed by atoms with E-state index in [9.17, 15) is 9.00 Å². The van der Waals surface area contributed by atoms with Crippen molar-refractivity contribution in [1.82, 2.24) is 5.32 Å². The van der Waals surface area contributed by atoms with Gasteiger partial charge < -0.3 is 5.32 Å². The quantitative estimate of drug-likeness (QED) is 0.873. The smallest absolute Gasteiger partial charge is 0.232 e. The van der Waals surface area contributed by atoms with Gasteiger partial charge in [-0.1, -0.05) is 37.6 Å². The third kappa shape index (κ3) is 6.17. The van der Waals surface area contributed by atoms with E-state index in [0.717, 1.165) is 5.56 Å². The highest BCUT2D eigenvalue weighted by Gasteiger charge is 2.09. The second-order valence-electron chi connectivity index (χ2n) is 4.56. The van der Waals surface area contributed by atoms with Gasteiger partial charge in [0.15, 0.2) is 0 Å². The van der Waals surface area contributed by atoms with Gasteiger partial charge in [0.25, 0.3) is 0 Å². The van der Waals surface area contributed by atoms with Gasteiger partial charge in [-0.3, -0.25) is 9.00 Å². The van der Waals surface area contributed by atoms with Crippen LogP contribution in [0.25, 0.3) is 0 Å². The molecule has 1 unspecified atom stereocenters. The van der Waals surface area contributed by atoms with E-state index in [1.807, 2.05) is 26.0 Å². The van der Waals surface area contributed by atoms with Crippen molar-refractivity contribution in [2.45, 2.75) is 19.6 Å². The average Bonchev–Trinajstić information content (AvgIpc) is 2.26. The van der Waals surface area contributed by atoms with Gasteiger partial charge in [-0.25, -0.2) is 0 Å². The molecule has 1 atom stereocenters. The van der Waals surface area contributed by atoms with Gasteiger partial charge >= 0.3 is 0 Å². The zero-order valence-electron chi connectivity index (χ0n) is 10.6. The van der Waals surface area contributed by atoms with Crippen molar-refractivity contribution in [2.24, 2.45) is 5.92 Å². The van der Waals surface area contributed by atoms with Crippen molar-refractivity contribution in [3.63, 3.8) is 0 Å². The number of benzene rings is 1. The number of nitrogens with one attached hydrogen (secondary N) is 1. The Balaban J connectivity index is 2.40. The lowest BCUT2D eigenvalue weighted by atomic mass is 10.2. The number of carbonyl (C=O) groups is 1. The summed E-state index contributed by atoms with van der Waals surface area (Å²) >= 11 is 5.84. The van der Waals surface area contributed by atoms with Crippen LogP contribution in [-0.4, -0.2) is 22.4 Å². The SMILES string of the molecule is CC(C)CNC(=O)CS(=O)Cc1cccc(Cl)c1. The summed E-state index contributed by atoms with van der Waals surface area (Å²) in [6.07, 6.45) is 0. The Bertz CT molecular complexity index is 435. The van der Waals surface area contributed by atoms with E-state index in [2.05, 4.69) is 5.32 Å². The second-order valence-corrected chi connectivity index (χ2v) is 6.45. The molecule has 0 aliphatic carbocycles. The van der Waals surface area contributed by atoms with Crippen LogP contribution in [0.1, 0.15) is 19.4 Å². The molecule has 1 rings (SSSR count). The van der Waals surface area contributed by atoms with Crippen molar-refractivity contribution in [2.75, 3.05) is 12.3 Å². The molecule has 100 valence electrons. The molecule has 18 heavy (non-hydrogen) atoms. The fraction of sp³-hybridized carbons (Fsp3) is 0.462.